The highest BCUT2D eigenvalue weighted by atomic mass is 127. The van der Waals surface area contributed by atoms with Crippen LogP contribution in [-0.2, 0) is 0 Å². The van der Waals surface area contributed by atoms with Crippen LogP contribution in [0.2, 0.25) is 0 Å². The molecular formula is C14H10IN3. The quantitative estimate of drug-likeness (QED) is 0.718. The van der Waals surface area contributed by atoms with Crippen LogP contribution in [0.1, 0.15) is 0 Å². The lowest BCUT2D eigenvalue weighted by molar-refractivity contribution is 1.29. The van der Waals surface area contributed by atoms with E-state index in [1.807, 2.05) is 24.5 Å². The van der Waals surface area contributed by atoms with Crippen molar-refractivity contribution in [2.75, 3.05) is 0 Å². The van der Waals surface area contributed by atoms with Crippen molar-refractivity contribution in [3.8, 4) is 22.6 Å². The smallest absolute Gasteiger partial charge is 0.137 e. The second-order valence-corrected chi connectivity index (χ2v) is 5.14. The molecule has 2 aromatic heterocycles. The topological polar surface area (TPSA) is 41.6 Å². The van der Waals surface area contributed by atoms with Crippen LogP contribution in [0.15, 0.2) is 55.0 Å². The van der Waals surface area contributed by atoms with Gasteiger partial charge in [-0.1, -0.05) is 12.1 Å². The van der Waals surface area contributed by atoms with Gasteiger partial charge in [-0.2, -0.15) is 0 Å². The minimum Gasteiger partial charge on any atom is -0.338 e. The Balaban J connectivity index is 1.97. The number of nitrogens with zero attached hydrogens (tertiary/aromatic N) is 2. The van der Waals surface area contributed by atoms with Crippen molar-refractivity contribution in [1.82, 2.24) is 15.0 Å². The van der Waals surface area contributed by atoms with E-state index >= 15 is 0 Å². The van der Waals surface area contributed by atoms with Crippen molar-refractivity contribution in [1.29, 1.82) is 0 Å². The molecular weight excluding hydrogens is 337 g/mol. The first-order chi connectivity index (χ1) is 8.83. The molecule has 1 N–H and O–H groups in total. The number of imidazole rings is 1. The average Bonchev–Trinajstić information content (AvgIpc) is 2.90. The Bertz CT molecular complexity index is 644. The summed E-state index contributed by atoms with van der Waals surface area (Å²) in [5, 5.41) is 0. The van der Waals surface area contributed by atoms with Gasteiger partial charge in [-0.3, -0.25) is 4.98 Å². The van der Waals surface area contributed by atoms with Crippen molar-refractivity contribution in [3.05, 3.63) is 58.6 Å². The van der Waals surface area contributed by atoms with E-state index in [1.165, 1.54) is 3.57 Å². The lowest BCUT2D eigenvalue weighted by atomic mass is 10.2. The number of rotatable bonds is 2. The molecule has 0 radical (unpaired) electrons. The first kappa shape index (κ1) is 11.4. The van der Waals surface area contributed by atoms with Gasteiger partial charge >= 0.3 is 0 Å². The Labute approximate surface area is 118 Å². The van der Waals surface area contributed by atoms with Crippen LogP contribution in [0.3, 0.4) is 0 Å². The molecule has 0 atom stereocenters. The van der Waals surface area contributed by atoms with E-state index in [-0.39, 0.29) is 0 Å². The molecule has 88 valence electrons. The molecule has 4 heteroatoms. The first-order valence-corrected chi connectivity index (χ1v) is 6.62. The molecule has 0 aliphatic heterocycles. The summed E-state index contributed by atoms with van der Waals surface area (Å²) in [6, 6.07) is 12.2. The molecule has 0 aliphatic carbocycles. The zero-order chi connectivity index (χ0) is 12.4. The molecule has 18 heavy (non-hydrogen) atoms. The molecule has 0 aliphatic rings. The monoisotopic (exact) mass is 347 g/mol. The van der Waals surface area contributed by atoms with E-state index in [0.29, 0.717) is 0 Å². The fourth-order valence-electron chi connectivity index (χ4n) is 1.74. The third-order valence-electron chi connectivity index (χ3n) is 2.67. The maximum Gasteiger partial charge on any atom is 0.137 e. The van der Waals surface area contributed by atoms with E-state index in [4.69, 9.17) is 0 Å². The lowest BCUT2D eigenvalue weighted by Crippen LogP contribution is -1.82. The van der Waals surface area contributed by atoms with Gasteiger partial charge < -0.3 is 4.98 Å². The minimum absolute atomic E-state index is 0.880. The van der Waals surface area contributed by atoms with Gasteiger partial charge in [0, 0.05) is 27.1 Å². The van der Waals surface area contributed by atoms with Crippen molar-refractivity contribution >= 4 is 22.6 Å². The van der Waals surface area contributed by atoms with Gasteiger partial charge in [0.2, 0.25) is 0 Å². The van der Waals surface area contributed by atoms with Crippen molar-refractivity contribution in [2.45, 2.75) is 0 Å². The van der Waals surface area contributed by atoms with Crippen LogP contribution in [0, 0.1) is 3.57 Å². The van der Waals surface area contributed by atoms with Gasteiger partial charge in [0.1, 0.15) is 5.82 Å². The predicted molar refractivity (Wildman–Crippen MR) is 80.0 cm³/mol. The SMILES string of the molecule is Ic1ccc(-c2ncc(-c3cccnc3)[nH]2)cc1. The van der Waals surface area contributed by atoms with E-state index in [0.717, 1.165) is 22.6 Å². The number of nitrogens with one attached hydrogen (secondary N) is 1. The maximum atomic E-state index is 4.41. The van der Waals surface area contributed by atoms with E-state index in [2.05, 4.69) is 61.8 Å². The molecule has 0 unspecified atom stereocenters. The molecule has 2 heterocycles. The first-order valence-electron chi connectivity index (χ1n) is 5.54. The number of benzene rings is 1. The Hall–Kier alpha value is -1.69. The summed E-state index contributed by atoms with van der Waals surface area (Å²) in [4.78, 5) is 11.8. The van der Waals surface area contributed by atoms with Gasteiger partial charge in [-0.25, -0.2) is 4.98 Å². The normalized spacial score (nSPS) is 10.5. The minimum atomic E-state index is 0.880. The van der Waals surface area contributed by atoms with E-state index < -0.39 is 0 Å². The number of aromatic amines is 1. The molecule has 3 rings (SSSR count). The molecule has 3 aromatic rings. The molecule has 0 saturated heterocycles. The standard InChI is InChI=1S/C14H10IN3/c15-12-5-3-10(4-6-12)14-17-9-13(18-14)11-2-1-7-16-8-11/h1-9H,(H,17,18). The molecule has 0 amide bonds. The van der Waals surface area contributed by atoms with Gasteiger partial charge in [-0.05, 0) is 46.9 Å². The highest BCUT2D eigenvalue weighted by Crippen LogP contribution is 2.21. The summed E-state index contributed by atoms with van der Waals surface area (Å²) in [6.45, 7) is 0. The highest BCUT2D eigenvalue weighted by Gasteiger charge is 2.05. The largest absolute Gasteiger partial charge is 0.338 e. The number of hydrogen-bond donors (Lipinski definition) is 1. The predicted octanol–water partition coefficient (Wildman–Crippen LogP) is 3.74. The van der Waals surface area contributed by atoms with Gasteiger partial charge in [0.05, 0.1) is 11.9 Å². The molecule has 0 spiro atoms. The van der Waals surface area contributed by atoms with Crippen LogP contribution in [0.5, 0.6) is 0 Å². The summed E-state index contributed by atoms with van der Waals surface area (Å²) in [5.41, 5.74) is 3.11. The van der Waals surface area contributed by atoms with Crippen molar-refractivity contribution in [2.24, 2.45) is 0 Å². The van der Waals surface area contributed by atoms with Crippen LogP contribution in [-0.4, -0.2) is 15.0 Å². The zero-order valence-corrected chi connectivity index (χ0v) is 11.6. The van der Waals surface area contributed by atoms with Crippen LogP contribution < -0.4 is 0 Å². The number of halogens is 1. The van der Waals surface area contributed by atoms with Crippen LogP contribution in [0.25, 0.3) is 22.6 Å². The third-order valence-corrected chi connectivity index (χ3v) is 3.39. The second-order valence-electron chi connectivity index (χ2n) is 3.89. The highest BCUT2D eigenvalue weighted by molar-refractivity contribution is 14.1. The number of H-pyrrole nitrogens is 1. The number of aromatic nitrogens is 3. The fourth-order valence-corrected chi connectivity index (χ4v) is 2.10. The Morgan fingerprint density at radius 3 is 2.50 bits per heavy atom. The number of pyridine rings is 1. The summed E-state index contributed by atoms with van der Waals surface area (Å²) in [6.07, 6.45) is 5.43. The summed E-state index contributed by atoms with van der Waals surface area (Å²) in [7, 11) is 0. The lowest BCUT2D eigenvalue weighted by Gasteiger charge is -1.97. The summed E-state index contributed by atoms with van der Waals surface area (Å²) < 4.78 is 1.22. The molecule has 1 aromatic carbocycles. The molecule has 0 fully saturated rings. The van der Waals surface area contributed by atoms with Crippen molar-refractivity contribution in [3.63, 3.8) is 0 Å². The summed E-state index contributed by atoms with van der Waals surface area (Å²) in [5.74, 6) is 0.880. The van der Waals surface area contributed by atoms with Gasteiger partial charge in [0.25, 0.3) is 0 Å². The van der Waals surface area contributed by atoms with E-state index in [1.54, 1.807) is 6.20 Å². The zero-order valence-electron chi connectivity index (χ0n) is 9.47. The maximum absolute atomic E-state index is 4.41. The Morgan fingerprint density at radius 2 is 1.78 bits per heavy atom. The number of hydrogen-bond acceptors (Lipinski definition) is 2. The third kappa shape index (κ3) is 2.28. The average molecular weight is 347 g/mol. The van der Waals surface area contributed by atoms with Gasteiger partial charge in [-0.15, -0.1) is 0 Å². The molecule has 0 bridgehead atoms. The van der Waals surface area contributed by atoms with Crippen LogP contribution in [0.4, 0.5) is 0 Å². The molecule has 3 nitrogen and oxygen atoms in total. The van der Waals surface area contributed by atoms with Crippen LogP contribution >= 0.6 is 22.6 Å². The Kier molecular flexibility index (Phi) is 3.10. The second kappa shape index (κ2) is 4.89. The molecule has 0 saturated carbocycles. The van der Waals surface area contributed by atoms with E-state index in [9.17, 15) is 0 Å². The van der Waals surface area contributed by atoms with Gasteiger partial charge in [0.15, 0.2) is 0 Å². The summed E-state index contributed by atoms with van der Waals surface area (Å²) >= 11 is 2.29. The van der Waals surface area contributed by atoms with Crippen molar-refractivity contribution < 1.29 is 0 Å². The fraction of sp³-hybridized carbons (Fsp3) is 0. The Morgan fingerprint density at radius 1 is 0.944 bits per heavy atom.